The lowest BCUT2D eigenvalue weighted by Crippen LogP contribution is -2.63. The zero-order valence-corrected chi connectivity index (χ0v) is 19.9. The lowest BCUT2D eigenvalue weighted by molar-refractivity contribution is -0.202. The molecule has 0 aromatic carbocycles. The van der Waals surface area contributed by atoms with E-state index in [1.54, 1.807) is 0 Å². The van der Waals surface area contributed by atoms with E-state index in [0.29, 0.717) is 19.3 Å². The molecule has 0 saturated heterocycles. The first-order chi connectivity index (χ1) is 15.0. The maximum atomic E-state index is 13.2. The minimum atomic E-state index is -1.39. The highest BCUT2D eigenvalue weighted by Crippen LogP contribution is 2.68. The molecule has 7 atom stereocenters. The van der Waals surface area contributed by atoms with E-state index >= 15 is 0 Å². The third kappa shape index (κ3) is 3.32. The third-order valence-corrected chi connectivity index (χ3v) is 9.47. The van der Waals surface area contributed by atoms with Gasteiger partial charge < -0.3 is 14.9 Å². The minimum Gasteiger partial charge on any atom is -0.450 e. The van der Waals surface area contributed by atoms with Crippen LogP contribution in [0.3, 0.4) is 0 Å². The van der Waals surface area contributed by atoms with E-state index < -0.39 is 35.5 Å². The van der Waals surface area contributed by atoms with Crippen LogP contribution in [0, 0.1) is 34.5 Å². The number of carbonyl (C=O) groups excluding carboxylic acids is 3. The number of Topliss-reactive ketones (excluding diaryl/α,β-unsaturated/α-hetero) is 1. The van der Waals surface area contributed by atoms with Crippen molar-refractivity contribution in [1.29, 1.82) is 0 Å². The maximum absolute atomic E-state index is 13.2. The van der Waals surface area contributed by atoms with Gasteiger partial charge >= 0.3 is 5.97 Å². The summed E-state index contributed by atoms with van der Waals surface area (Å²) in [6, 6.07) is 0. The molecule has 178 valence electrons. The molecule has 0 aromatic rings. The Balaban J connectivity index is 1.71. The van der Waals surface area contributed by atoms with Gasteiger partial charge in [-0.05, 0) is 73.7 Å². The minimum absolute atomic E-state index is 0.0278. The van der Waals surface area contributed by atoms with E-state index in [2.05, 4.69) is 6.92 Å². The highest BCUT2D eigenvalue weighted by atomic mass is 16.6. The number of carbonyl (C=O) groups is 3. The van der Waals surface area contributed by atoms with Gasteiger partial charge in [-0.1, -0.05) is 33.3 Å². The SMILES string of the molecule is CC(C)CC(=O)O[C@]1(C(=O)CO)CC[C@H]2[C@@H]3CCC4=CC(=O)CC[C@]4(C)[C@H]3[C@@H](O)C[C@@]21C. The van der Waals surface area contributed by atoms with Crippen LogP contribution in [0.5, 0.6) is 0 Å². The van der Waals surface area contributed by atoms with Crippen LogP contribution in [-0.2, 0) is 19.1 Å². The van der Waals surface area contributed by atoms with Gasteiger partial charge in [0, 0.05) is 18.3 Å². The van der Waals surface area contributed by atoms with Crippen LogP contribution in [0.1, 0.15) is 79.1 Å². The second-order valence-corrected chi connectivity index (χ2v) is 11.6. The zero-order chi connectivity index (χ0) is 23.5. The Labute approximate surface area is 190 Å². The molecule has 0 aliphatic heterocycles. The molecule has 6 heteroatoms. The van der Waals surface area contributed by atoms with Gasteiger partial charge in [0.1, 0.15) is 6.61 Å². The number of ketones is 2. The predicted molar refractivity (Wildman–Crippen MR) is 118 cm³/mol. The first-order valence-corrected chi connectivity index (χ1v) is 12.3. The second-order valence-electron chi connectivity index (χ2n) is 11.6. The van der Waals surface area contributed by atoms with Gasteiger partial charge in [-0.15, -0.1) is 0 Å². The number of hydrogen-bond donors (Lipinski definition) is 2. The summed E-state index contributed by atoms with van der Waals surface area (Å²) in [7, 11) is 0. The first kappa shape index (κ1) is 23.6. The molecule has 0 unspecified atom stereocenters. The van der Waals surface area contributed by atoms with Crippen molar-refractivity contribution in [2.75, 3.05) is 6.61 Å². The Hall–Kier alpha value is -1.53. The second kappa shape index (κ2) is 8.05. The van der Waals surface area contributed by atoms with Crippen LogP contribution in [0.25, 0.3) is 0 Å². The summed E-state index contributed by atoms with van der Waals surface area (Å²) in [5.74, 6) is -0.238. The molecule has 32 heavy (non-hydrogen) atoms. The fraction of sp³-hybridized carbons (Fsp3) is 0.808. The fourth-order valence-electron chi connectivity index (χ4n) is 8.05. The third-order valence-electron chi connectivity index (χ3n) is 9.47. The summed E-state index contributed by atoms with van der Waals surface area (Å²) in [5, 5.41) is 21.4. The Bertz CT molecular complexity index is 845. The average molecular weight is 447 g/mol. The van der Waals surface area contributed by atoms with Crippen LogP contribution >= 0.6 is 0 Å². The van der Waals surface area contributed by atoms with Crippen LogP contribution in [-0.4, -0.2) is 46.1 Å². The average Bonchev–Trinajstić information content (AvgIpc) is 2.99. The topological polar surface area (TPSA) is 101 Å². The number of ether oxygens (including phenoxy) is 1. The molecular weight excluding hydrogens is 408 g/mol. The van der Waals surface area contributed by atoms with E-state index in [1.807, 2.05) is 26.8 Å². The van der Waals surface area contributed by atoms with Crippen molar-refractivity contribution in [3.8, 4) is 0 Å². The molecule has 0 amide bonds. The summed E-state index contributed by atoms with van der Waals surface area (Å²) in [5.41, 5.74) is -1.15. The molecule has 0 bridgehead atoms. The van der Waals surface area contributed by atoms with Crippen molar-refractivity contribution in [1.82, 2.24) is 0 Å². The van der Waals surface area contributed by atoms with Crippen LogP contribution in [0.2, 0.25) is 0 Å². The molecular formula is C26H38O6. The van der Waals surface area contributed by atoms with Gasteiger partial charge in [-0.2, -0.15) is 0 Å². The lowest BCUT2D eigenvalue weighted by atomic mass is 9.45. The normalized spacial score (nSPS) is 43.2. The zero-order valence-electron chi connectivity index (χ0n) is 19.9. The van der Waals surface area contributed by atoms with Crippen molar-refractivity contribution >= 4 is 17.5 Å². The molecule has 4 aliphatic rings. The van der Waals surface area contributed by atoms with Crippen molar-refractivity contribution < 1.29 is 29.3 Å². The molecule has 0 spiro atoms. The Morgan fingerprint density at radius 2 is 1.91 bits per heavy atom. The van der Waals surface area contributed by atoms with Crippen molar-refractivity contribution in [3.63, 3.8) is 0 Å². The number of rotatable bonds is 5. The van der Waals surface area contributed by atoms with Crippen molar-refractivity contribution in [3.05, 3.63) is 11.6 Å². The molecule has 3 fully saturated rings. The number of aliphatic hydroxyl groups excluding tert-OH is 2. The lowest BCUT2D eigenvalue weighted by Gasteiger charge is -2.60. The molecule has 4 rings (SSSR count). The molecule has 0 radical (unpaired) electrons. The monoisotopic (exact) mass is 446 g/mol. The molecule has 0 aromatic heterocycles. The van der Waals surface area contributed by atoms with Gasteiger partial charge in [0.25, 0.3) is 0 Å². The molecule has 4 aliphatic carbocycles. The van der Waals surface area contributed by atoms with Crippen molar-refractivity contribution in [2.24, 2.45) is 34.5 Å². The number of allylic oxidation sites excluding steroid dienone is 1. The molecule has 6 nitrogen and oxygen atoms in total. The Morgan fingerprint density at radius 3 is 2.56 bits per heavy atom. The summed E-state index contributed by atoms with van der Waals surface area (Å²) in [4.78, 5) is 37.9. The van der Waals surface area contributed by atoms with E-state index in [4.69, 9.17) is 4.74 Å². The van der Waals surface area contributed by atoms with Gasteiger partial charge in [-0.3, -0.25) is 14.4 Å². The van der Waals surface area contributed by atoms with Crippen LogP contribution in [0.4, 0.5) is 0 Å². The van der Waals surface area contributed by atoms with Gasteiger partial charge in [0.2, 0.25) is 5.78 Å². The van der Waals surface area contributed by atoms with E-state index in [-0.39, 0.29) is 41.3 Å². The molecule has 2 N–H and O–H groups in total. The van der Waals surface area contributed by atoms with Gasteiger partial charge in [-0.25, -0.2) is 0 Å². The van der Waals surface area contributed by atoms with Crippen molar-refractivity contribution in [2.45, 2.75) is 90.8 Å². The molecule has 0 heterocycles. The largest absolute Gasteiger partial charge is 0.450 e. The summed E-state index contributed by atoms with van der Waals surface area (Å²) >= 11 is 0. The summed E-state index contributed by atoms with van der Waals surface area (Å²) in [6.07, 6.45) is 5.81. The first-order valence-electron chi connectivity index (χ1n) is 12.3. The maximum Gasteiger partial charge on any atom is 0.307 e. The van der Waals surface area contributed by atoms with Crippen LogP contribution < -0.4 is 0 Å². The van der Waals surface area contributed by atoms with E-state index in [0.717, 1.165) is 31.3 Å². The van der Waals surface area contributed by atoms with E-state index in [1.165, 1.54) is 0 Å². The summed E-state index contributed by atoms with van der Waals surface area (Å²) < 4.78 is 5.99. The number of hydrogen-bond acceptors (Lipinski definition) is 6. The number of fused-ring (bicyclic) bond motifs is 5. The van der Waals surface area contributed by atoms with Crippen LogP contribution in [0.15, 0.2) is 11.6 Å². The van der Waals surface area contributed by atoms with E-state index in [9.17, 15) is 24.6 Å². The predicted octanol–water partition coefficient (Wildman–Crippen LogP) is 3.38. The smallest absolute Gasteiger partial charge is 0.307 e. The fourth-order valence-corrected chi connectivity index (χ4v) is 8.05. The highest BCUT2D eigenvalue weighted by molar-refractivity contribution is 5.92. The van der Waals surface area contributed by atoms with Gasteiger partial charge in [0.05, 0.1) is 6.10 Å². The summed E-state index contributed by atoms with van der Waals surface area (Å²) in [6.45, 7) is 7.36. The van der Waals surface area contributed by atoms with Gasteiger partial charge in [0.15, 0.2) is 11.4 Å². The quantitative estimate of drug-likeness (QED) is 0.628. The molecule has 3 saturated carbocycles. The Kier molecular flexibility index (Phi) is 5.94. The number of aliphatic hydroxyl groups is 2. The Morgan fingerprint density at radius 1 is 1.19 bits per heavy atom. The standard InChI is InChI=1S/C26H38O6/c1-15(2)11-22(31)32-26(21(30)14-27)10-8-19-18-6-5-16-12-17(28)7-9-24(16,3)23(18)20(29)13-25(19,26)4/h12,15,18-20,23,27,29H,5-11,13-14H2,1-4H3/t18-,19-,20-,23+,24-,25-,26-/m0/s1. The highest BCUT2D eigenvalue weighted by Gasteiger charge is 2.70. The number of esters is 1.